The highest BCUT2D eigenvalue weighted by molar-refractivity contribution is 5.76. The highest BCUT2D eigenvalue weighted by Gasteiger charge is 2.18. The van der Waals surface area contributed by atoms with Gasteiger partial charge in [0.1, 0.15) is 24.2 Å². The molecule has 0 aliphatic heterocycles. The van der Waals surface area contributed by atoms with Gasteiger partial charge in [-0.25, -0.2) is 0 Å². The van der Waals surface area contributed by atoms with Crippen LogP contribution >= 0.6 is 0 Å². The molecule has 0 saturated heterocycles. The minimum Gasteiger partial charge on any atom is -0.489 e. The van der Waals surface area contributed by atoms with Crippen LogP contribution in [0.2, 0.25) is 0 Å². The minimum atomic E-state index is -2.87. The summed E-state index contributed by atoms with van der Waals surface area (Å²) in [4.78, 5) is 24.7. The topological polar surface area (TPSA) is 85.3 Å². The third-order valence-corrected chi connectivity index (χ3v) is 4.94. The van der Waals surface area contributed by atoms with Crippen LogP contribution in [0.3, 0.4) is 0 Å². The summed E-state index contributed by atoms with van der Waals surface area (Å²) in [5, 5.41) is 8.76. The molecule has 0 aromatic heterocycles. The highest BCUT2D eigenvalue weighted by atomic mass is 19.3. The zero-order valence-corrected chi connectivity index (χ0v) is 19.4. The molecule has 186 valence electrons. The van der Waals surface area contributed by atoms with E-state index in [1.54, 1.807) is 12.1 Å². The van der Waals surface area contributed by atoms with Crippen LogP contribution in [0.5, 0.6) is 11.5 Å². The molecule has 0 spiro atoms. The number of aliphatic carboxylic acids is 1. The first-order valence-corrected chi connectivity index (χ1v) is 11.0. The lowest BCUT2D eigenvalue weighted by Gasteiger charge is -2.21. The molecule has 9 heteroatoms. The first kappa shape index (κ1) is 27.0. The lowest BCUT2D eigenvalue weighted by atomic mass is 10.0. The Kier molecular flexibility index (Phi) is 11.3. The maximum Gasteiger partial charge on any atom is 0.387 e. The molecule has 2 aromatic rings. The number of ether oxygens (including phenoxy) is 3. The minimum absolute atomic E-state index is 0.116. The van der Waals surface area contributed by atoms with Crippen LogP contribution in [-0.4, -0.2) is 61.9 Å². The summed E-state index contributed by atoms with van der Waals surface area (Å²) >= 11 is 0. The summed E-state index contributed by atoms with van der Waals surface area (Å²) in [5.74, 6) is -0.878. The fraction of sp³-hybridized carbons (Fsp3) is 0.440. The van der Waals surface area contributed by atoms with Gasteiger partial charge >= 0.3 is 18.6 Å². The number of hydrogen-bond acceptors (Lipinski definition) is 6. The fourth-order valence-electron chi connectivity index (χ4n) is 3.22. The largest absolute Gasteiger partial charge is 0.489 e. The van der Waals surface area contributed by atoms with E-state index >= 15 is 0 Å². The second kappa shape index (κ2) is 14.1. The van der Waals surface area contributed by atoms with Crippen molar-refractivity contribution >= 4 is 11.9 Å². The van der Waals surface area contributed by atoms with Gasteiger partial charge in [-0.2, -0.15) is 8.78 Å². The second-order valence-corrected chi connectivity index (χ2v) is 8.04. The quantitative estimate of drug-likeness (QED) is 0.384. The van der Waals surface area contributed by atoms with E-state index in [1.165, 1.54) is 6.07 Å². The lowest BCUT2D eigenvalue weighted by Crippen LogP contribution is -2.29. The number of para-hydroxylation sites is 1. The first-order chi connectivity index (χ1) is 16.2. The van der Waals surface area contributed by atoms with E-state index in [-0.39, 0.29) is 25.2 Å². The van der Waals surface area contributed by atoms with Crippen molar-refractivity contribution < 1.29 is 37.7 Å². The molecule has 0 bridgehead atoms. The van der Waals surface area contributed by atoms with E-state index in [0.29, 0.717) is 31.6 Å². The number of carboxylic acids is 1. The number of nitrogens with zero attached hydrogens (tertiary/aromatic N) is 1. The Morgan fingerprint density at radius 2 is 1.79 bits per heavy atom. The molecule has 0 aliphatic rings. The van der Waals surface area contributed by atoms with Crippen molar-refractivity contribution in [3.05, 3.63) is 59.7 Å². The number of carbonyl (C=O) groups is 2. The number of alkyl halides is 2. The summed E-state index contributed by atoms with van der Waals surface area (Å²) in [6.45, 7) is -2.08. The Morgan fingerprint density at radius 1 is 1.03 bits per heavy atom. The van der Waals surface area contributed by atoms with Gasteiger partial charge in [0.05, 0.1) is 12.8 Å². The van der Waals surface area contributed by atoms with Crippen LogP contribution in [0.1, 0.15) is 30.4 Å². The number of hydrogen-bond donors (Lipinski definition) is 1. The summed E-state index contributed by atoms with van der Waals surface area (Å²) < 4.78 is 40.8. The third-order valence-electron chi connectivity index (χ3n) is 4.94. The molecule has 2 aromatic carbocycles. The van der Waals surface area contributed by atoms with E-state index < -0.39 is 24.7 Å². The summed E-state index contributed by atoms with van der Waals surface area (Å²) in [7, 11) is 3.81. The van der Waals surface area contributed by atoms with Gasteiger partial charge in [-0.1, -0.05) is 30.3 Å². The number of carbonyl (C=O) groups excluding carboxylic acids is 1. The zero-order valence-electron chi connectivity index (χ0n) is 19.4. The van der Waals surface area contributed by atoms with Crippen molar-refractivity contribution in [1.82, 2.24) is 4.90 Å². The summed E-state index contributed by atoms with van der Waals surface area (Å²) in [5.41, 5.74) is 1.77. The maximum absolute atomic E-state index is 12.5. The monoisotopic (exact) mass is 479 g/mol. The van der Waals surface area contributed by atoms with Crippen molar-refractivity contribution in [3.8, 4) is 11.5 Å². The normalized spacial score (nSPS) is 11.9. The number of benzene rings is 2. The molecule has 1 N–H and O–H groups in total. The van der Waals surface area contributed by atoms with Crippen LogP contribution in [-0.2, 0) is 27.2 Å². The number of esters is 1. The third kappa shape index (κ3) is 10.6. The molecule has 1 unspecified atom stereocenters. The molecule has 2 rings (SSSR count). The lowest BCUT2D eigenvalue weighted by molar-refractivity contribution is -0.153. The predicted molar refractivity (Wildman–Crippen MR) is 122 cm³/mol. The Morgan fingerprint density at radius 3 is 2.50 bits per heavy atom. The van der Waals surface area contributed by atoms with E-state index in [9.17, 15) is 18.4 Å². The van der Waals surface area contributed by atoms with Gasteiger partial charge in [-0.15, -0.1) is 0 Å². The van der Waals surface area contributed by atoms with Crippen LogP contribution < -0.4 is 9.47 Å². The van der Waals surface area contributed by atoms with Crippen LogP contribution in [0.15, 0.2) is 48.5 Å². The maximum atomic E-state index is 12.5. The van der Waals surface area contributed by atoms with E-state index in [1.807, 2.05) is 49.3 Å². The SMILES string of the molecule is CN(C)CCC(COc1ccccc1CCc1cccc(OC(F)F)c1)OC(=O)CCC(=O)O. The fourth-order valence-corrected chi connectivity index (χ4v) is 3.22. The summed E-state index contributed by atoms with van der Waals surface area (Å²) in [6.07, 6.45) is 0.722. The van der Waals surface area contributed by atoms with Crippen LogP contribution in [0, 0.1) is 0 Å². The molecule has 1 atom stereocenters. The van der Waals surface area contributed by atoms with Gasteiger partial charge in [0.2, 0.25) is 0 Å². The zero-order chi connectivity index (χ0) is 24.9. The molecular formula is C25H31F2NO6. The van der Waals surface area contributed by atoms with Crippen LogP contribution in [0.4, 0.5) is 8.78 Å². The van der Waals surface area contributed by atoms with E-state index in [0.717, 1.165) is 11.1 Å². The van der Waals surface area contributed by atoms with Crippen molar-refractivity contribution in [3.63, 3.8) is 0 Å². The first-order valence-electron chi connectivity index (χ1n) is 11.0. The number of aryl methyl sites for hydroxylation is 2. The number of carboxylic acid groups (broad SMARTS) is 1. The smallest absolute Gasteiger partial charge is 0.387 e. The Bertz CT molecular complexity index is 922. The molecule has 0 heterocycles. The average molecular weight is 480 g/mol. The van der Waals surface area contributed by atoms with Gasteiger partial charge in [0.25, 0.3) is 0 Å². The van der Waals surface area contributed by atoms with E-state index in [2.05, 4.69) is 4.74 Å². The van der Waals surface area contributed by atoms with Crippen molar-refractivity contribution in [1.29, 1.82) is 0 Å². The Hall–Kier alpha value is -3.20. The van der Waals surface area contributed by atoms with Gasteiger partial charge in [0.15, 0.2) is 0 Å². The van der Waals surface area contributed by atoms with Gasteiger partial charge in [-0.3, -0.25) is 9.59 Å². The molecule has 34 heavy (non-hydrogen) atoms. The molecule has 0 aliphatic carbocycles. The van der Waals surface area contributed by atoms with Gasteiger partial charge in [-0.05, 0) is 56.3 Å². The Balaban J connectivity index is 1.99. The standard InChI is InChI=1S/C25H31F2NO6/c1-28(2)15-14-21(33-24(31)13-12-23(29)30)17-32-22-9-4-3-7-19(22)11-10-18-6-5-8-20(16-18)34-25(26)27/h3-9,16,21,25H,10-15,17H2,1-2H3,(H,29,30). The molecule has 0 amide bonds. The second-order valence-electron chi connectivity index (χ2n) is 8.04. The number of halogens is 2. The molecule has 0 saturated carbocycles. The van der Waals surface area contributed by atoms with Crippen molar-refractivity contribution in [2.75, 3.05) is 27.2 Å². The van der Waals surface area contributed by atoms with Crippen molar-refractivity contribution in [2.24, 2.45) is 0 Å². The van der Waals surface area contributed by atoms with Crippen LogP contribution in [0.25, 0.3) is 0 Å². The number of rotatable bonds is 15. The van der Waals surface area contributed by atoms with Crippen molar-refractivity contribution in [2.45, 2.75) is 44.8 Å². The molecule has 7 nitrogen and oxygen atoms in total. The van der Waals surface area contributed by atoms with Gasteiger partial charge in [0, 0.05) is 13.0 Å². The molecular weight excluding hydrogens is 448 g/mol. The average Bonchev–Trinajstić information content (AvgIpc) is 2.78. The van der Waals surface area contributed by atoms with E-state index in [4.69, 9.17) is 14.6 Å². The summed E-state index contributed by atoms with van der Waals surface area (Å²) in [6, 6.07) is 14.0. The predicted octanol–water partition coefficient (Wildman–Crippen LogP) is 4.18. The highest BCUT2D eigenvalue weighted by Crippen LogP contribution is 2.23. The molecule has 0 fully saturated rings. The molecule has 0 radical (unpaired) electrons. The Labute approximate surface area is 198 Å². The van der Waals surface area contributed by atoms with Gasteiger partial charge < -0.3 is 24.2 Å².